The van der Waals surface area contributed by atoms with Crippen molar-refractivity contribution in [1.29, 1.82) is 0 Å². The van der Waals surface area contributed by atoms with Gasteiger partial charge in [0.1, 0.15) is 0 Å². The van der Waals surface area contributed by atoms with Crippen LogP contribution in [0.25, 0.3) is 0 Å². The first-order valence-electron chi connectivity index (χ1n) is 6.50. The number of carbonyl (C=O) groups is 1. The molecular formula is C13H26N2O2. The predicted molar refractivity (Wildman–Crippen MR) is 68.6 cm³/mol. The molecular weight excluding hydrogens is 216 g/mol. The summed E-state index contributed by atoms with van der Waals surface area (Å²) in [7, 11) is 0. The fourth-order valence-electron chi connectivity index (χ4n) is 2.28. The van der Waals surface area contributed by atoms with E-state index >= 15 is 0 Å². The third-order valence-corrected chi connectivity index (χ3v) is 3.11. The van der Waals surface area contributed by atoms with Crippen molar-refractivity contribution in [3.8, 4) is 0 Å². The monoisotopic (exact) mass is 242 g/mol. The fraction of sp³-hybridized carbons (Fsp3) is 0.923. The molecule has 0 aromatic heterocycles. The normalized spacial score (nSPS) is 25.6. The van der Waals surface area contributed by atoms with Crippen molar-refractivity contribution < 1.29 is 9.53 Å². The highest BCUT2D eigenvalue weighted by Crippen LogP contribution is 2.23. The third-order valence-electron chi connectivity index (χ3n) is 3.11. The zero-order chi connectivity index (χ0) is 13.1. The van der Waals surface area contributed by atoms with Crippen LogP contribution in [0.4, 0.5) is 0 Å². The van der Waals surface area contributed by atoms with Gasteiger partial charge < -0.3 is 15.8 Å². The molecule has 0 spiro atoms. The zero-order valence-electron chi connectivity index (χ0n) is 11.5. The van der Waals surface area contributed by atoms with Gasteiger partial charge in [0.05, 0.1) is 11.6 Å². The predicted octanol–water partition coefficient (Wildman–Crippen LogP) is 1.43. The molecule has 2 atom stereocenters. The maximum Gasteiger partial charge on any atom is 0.237 e. The molecule has 0 aromatic carbocycles. The Labute approximate surface area is 104 Å². The minimum absolute atomic E-state index is 0.0265. The van der Waals surface area contributed by atoms with Gasteiger partial charge in [-0.05, 0) is 39.0 Å². The van der Waals surface area contributed by atoms with E-state index in [-0.39, 0.29) is 23.6 Å². The maximum absolute atomic E-state index is 11.9. The first-order chi connectivity index (χ1) is 7.80. The molecule has 1 saturated heterocycles. The van der Waals surface area contributed by atoms with Crippen LogP contribution in [-0.2, 0) is 9.53 Å². The average molecular weight is 242 g/mol. The van der Waals surface area contributed by atoms with Crippen molar-refractivity contribution >= 4 is 5.91 Å². The topological polar surface area (TPSA) is 64.4 Å². The fourth-order valence-corrected chi connectivity index (χ4v) is 2.28. The van der Waals surface area contributed by atoms with Crippen molar-refractivity contribution in [3.05, 3.63) is 0 Å². The van der Waals surface area contributed by atoms with Gasteiger partial charge in [-0.2, -0.15) is 0 Å². The summed E-state index contributed by atoms with van der Waals surface area (Å²) in [5, 5.41) is 3.04. The van der Waals surface area contributed by atoms with E-state index in [1.807, 2.05) is 0 Å². The number of rotatable bonds is 4. The maximum atomic E-state index is 11.9. The summed E-state index contributed by atoms with van der Waals surface area (Å²) in [6, 6.07) is -0.189. The van der Waals surface area contributed by atoms with E-state index in [0.29, 0.717) is 12.5 Å². The lowest BCUT2D eigenvalue weighted by molar-refractivity contribution is -0.125. The number of hydrogen-bond donors (Lipinski definition) is 2. The van der Waals surface area contributed by atoms with Gasteiger partial charge in [-0.25, -0.2) is 0 Å². The second kappa shape index (κ2) is 5.83. The molecule has 4 nitrogen and oxygen atoms in total. The SMILES string of the molecule is CC(C)C[C@@H](N)C(=O)NC1CCOC(C)(C)C1. The van der Waals surface area contributed by atoms with Crippen LogP contribution in [0.2, 0.25) is 0 Å². The van der Waals surface area contributed by atoms with Gasteiger partial charge in [0, 0.05) is 12.6 Å². The molecule has 1 aliphatic rings. The standard InChI is InChI=1S/C13H26N2O2/c1-9(2)7-11(14)12(16)15-10-5-6-17-13(3,4)8-10/h9-11H,5-8,14H2,1-4H3,(H,15,16)/t10?,11-/m1/s1. The molecule has 1 aliphatic heterocycles. The average Bonchev–Trinajstić information content (AvgIpc) is 2.14. The molecule has 100 valence electrons. The first-order valence-corrected chi connectivity index (χ1v) is 6.50. The Morgan fingerprint density at radius 2 is 2.18 bits per heavy atom. The van der Waals surface area contributed by atoms with Gasteiger partial charge in [-0.3, -0.25) is 4.79 Å². The van der Waals surface area contributed by atoms with E-state index in [1.54, 1.807) is 0 Å². The quantitative estimate of drug-likeness (QED) is 0.784. The molecule has 1 unspecified atom stereocenters. The van der Waals surface area contributed by atoms with Gasteiger partial charge in [-0.15, -0.1) is 0 Å². The summed E-state index contributed by atoms with van der Waals surface area (Å²) < 4.78 is 5.62. The van der Waals surface area contributed by atoms with Crippen LogP contribution in [-0.4, -0.2) is 30.2 Å². The number of nitrogens with two attached hydrogens (primary N) is 1. The minimum atomic E-state index is -0.388. The lowest BCUT2D eigenvalue weighted by atomic mass is 9.93. The number of nitrogens with one attached hydrogen (secondary N) is 1. The number of hydrogen-bond acceptors (Lipinski definition) is 3. The number of ether oxygens (including phenoxy) is 1. The van der Waals surface area contributed by atoms with Crippen LogP contribution in [0, 0.1) is 5.92 Å². The van der Waals surface area contributed by atoms with E-state index in [4.69, 9.17) is 10.5 Å². The van der Waals surface area contributed by atoms with Crippen LogP contribution >= 0.6 is 0 Å². The van der Waals surface area contributed by atoms with E-state index in [1.165, 1.54) is 0 Å². The molecule has 3 N–H and O–H groups in total. The number of amides is 1. The first kappa shape index (κ1) is 14.5. The molecule has 0 radical (unpaired) electrons. The lowest BCUT2D eigenvalue weighted by Gasteiger charge is -2.36. The summed E-state index contributed by atoms with van der Waals surface area (Å²) in [6.45, 7) is 8.96. The highest BCUT2D eigenvalue weighted by molar-refractivity contribution is 5.81. The van der Waals surface area contributed by atoms with Crippen molar-refractivity contribution in [1.82, 2.24) is 5.32 Å². The van der Waals surface area contributed by atoms with Crippen LogP contribution in [0.5, 0.6) is 0 Å². The molecule has 0 aromatic rings. The van der Waals surface area contributed by atoms with E-state index in [9.17, 15) is 4.79 Å². The molecule has 0 aliphatic carbocycles. The Morgan fingerprint density at radius 1 is 1.53 bits per heavy atom. The van der Waals surface area contributed by atoms with E-state index in [0.717, 1.165) is 19.3 Å². The second-order valence-electron chi connectivity index (χ2n) is 6.04. The Kier molecular flexibility index (Phi) is 4.95. The molecule has 4 heteroatoms. The highest BCUT2D eigenvalue weighted by Gasteiger charge is 2.30. The summed E-state index contributed by atoms with van der Waals surface area (Å²) in [5.41, 5.74) is 5.72. The Bertz CT molecular complexity index is 264. The lowest BCUT2D eigenvalue weighted by Crippen LogP contribution is -2.50. The molecule has 1 amide bonds. The van der Waals surface area contributed by atoms with Crippen LogP contribution in [0.1, 0.15) is 47.0 Å². The summed E-state index contributed by atoms with van der Waals surface area (Å²) >= 11 is 0. The minimum Gasteiger partial charge on any atom is -0.375 e. The van der Waals surface area contributed by atoms with Crippen molar-refractivity contribution in [2.24, 2.45) is 11.7 Å². The smallest absolute Gasteiger partial charge is 0.237 e. The van der Waals surface area contributed by atoms with E-state index in [2.05, 4.69) is 33.0 Å². The van der Waals surface area contributed by atoms with Crippen LogP contribution < -0.4 is 11.1 Å². The van der Waals surface area contributed by atoms with Gasteiger partial charge in [0.25, 0.3) is 0 Å². The number of carbonyl (C=O) groups excluding carboxylic acids is 1. The third kappa shape index (κ3) is 5.04. The van der Waals surface area contributed by atoms with Gasteiger partial charge in [0.2, 0.25) is 5.91 Å². The van der Waals surface area contributed by atoms with Gasteiger partial charge in [-0.1, -0.05) is 13.8 Å². The molecule has 0 saturated carbocycles. The largest absolute Gasteiger partial charge is 0.375 e. The van der Waals surface area contributed by atoms with E-state index < -0.39 is 0 Å². The van der Waals surface area contributed by atoms with Crippen molar-refractivity contribution in [2.45, 2.75) is 64.6 Å². The zero-order valence-corrected chi connectivity index (χ0v) is 11.5. The van der Waals surface area contributed by atoms with Gasteiger partial charge in [0.15, 0.2) is 0 Å². The van der Waals surface area contributed by atoms with Crippen molar-refractivity contribution in [2.75, 3.05) is 6.61 Å². The molecule has 1 fully saturated rings. The molecule has 1 rings (SSSR count). The molecule has 17 heavy (non-hydrogen) atoms. The van der Waals surface area contributed by atoms with Crippen LogP contribution in [0.3, 0.4) is 0 Å². The Morgan fingerprint density at radius 3 is 2.71 bits per heavy atom. The summed E-state index contributed by atoms with van der Waals surface area (Å²) in [5.74, 6) is 0.420. The Hall–Kier alpha value is -0.610. The molecule has 0 bridgehead atoms. The summed E-state index contributed by atoms with van der Waals surface area (Å²) in [4.78, 5) is 11.9. The second-order valence-corrected chi connectivity index (χ2v) is 6.04. The van der Waals surface area contributed by atoms with Crippen molar-refractivity contribution in [3.63, 3.8) is 0 Å². The van der Waals surface area contributed by atoms with Crippen LogP contribution in [0.15, 0.2) is 0 Å². The summed E-state index contributed by atoms with van der Waals surface area (Å²) in [6.07, 6.45) is 2.47. The van der Waals surface area contributed by atoms with Gasteiger partial charge >= 0.3 is 0 Å². The Balaban J connectivity index is 2.40. The molecule has 1 heterocycles. The highest BCUT2D eigenvalue weighted by atomic mass is 16.5.